The maximum Gasteiger partial charge on any atom is 0.242 e. The number of nitrogens with one attached hydrogen (secondary N) is 1. The van der Waals surface area contributed by atoms with Crippen LogP contribution >= 0.6 is 0 Å². The van der Waals surface area contributed by atoms with Crippen molar-refractivity contribution in [2.45, 2.75) is 19.4 Å². The third-order valence-electron chi connectivity index (χ3n) is 2.80. The van der Waals surface area contributed by atoms with E-state index in [1.165, 1.54) is 0 Å². The first-order valence-electron chi connectivity index (χ1n) is 6.18. The molecule has 2 rings (SSSR count). The number of anilines is 1. The Morgan fingerprint density at radius 1 is 1.32 bits per heavy atom. The molecule has 3 N–H and O–H groups in total. The van der Waals surface area contributed by atoms with Crippen LogP contribution in [0.4, 0.5) is 5.82 Å². The van der Waals surface area contributed by atoms with Gasteiger partial charge in [0.1, 0.15) is 5.82 Å². The van der Waals surface area contributed by atoms with Crippen molar-refractivity contribution in [2.24, 2.45) is 5.73 Å². The Labute approximate surface area is 112 Å². The van der Waals surface area contributed by atoms with Crippen molar-refractivity contribution in [1.82, 2.24) is 4.98 Å². The number of nitrogens with two attached hydrogens (primary N) is 1. The van der Waals surface area contributed by atoms with Gasteiger partial charge in [-0.3, -0.25) is 4.79 Å². The van der Waals surface area contributed by atoms with Gasteiger partial charge in [-0.2, -0.15) is 0 Å². The average Bonchev–Trinajstić information content (AvgIpc) is 2.40. The number of benzene rings is 1. The molecule has 98 valence electrons. The maximum absolute atomic E-state index is 12.0. The quantitative estimate of drug-likeness (QED) is 0.876. The first-order chi connectivity index (χ1) is 9.15. The summed E-state index contributed by atoms with van der Waals surface area (Å²) in [6.45, 7) is 1.95. The molecule has 0 fully saturated rings. The van der Waals surface area contributed by atoms with E-state index in [-0.39, 0.29) is 5.91 Å². The molecular formula is C15H17N3O. The monoisotopic (exact) mass is 255 g/mol. The maximum atomic E-state index is 12.0. The van der Waals surface area contributed by atoms with E-state index in [0.717, 1.165) is 11.1 Å². The highest BCUT2D eigenvalue weighted by molar-refractivity contribution is 5.94. The minimum atomic E-state index is -0.579. The predicted molar refractivity (Wildman–Crippen MR) is 75.7 cm³/mol. The van der Waals surface area contributed by atoms with Gasteiger partial charge in [0.15, 0.2) is 0 Å². The largest absolute Gasteiger partial charge is 0.320 e. The summed E-state index contributed by atoms with van der Waals surface area (Å²) in [5.41, 5.74) is 7.98. The van der Waals surface area contributed by atoms with Gasteiger partial charge in [-0.05, 0) is 36.6 Å². The van der Waals surface area contributed by atoms with Crippen molar-refractivity contribution >= 4 is 11.7 Å². The summed E-state index contributed by atoms with van der Waals surface area (Å²) in [6.07, 6.45) is 2.17. The van der Waals surface area contributed by atoms with E-state index in [9.17, 15) is 4.79 Å². The third kappa shape index (κ3) is 3.89. The van der Waals surface area contributed by atoms with Gasteiger partial charge in [-0.15, -0.1) is 0 Å². The lowest BCUT2D eigenvalue weighted by atomic mass is 10.1. The van der Waals surface area contributed by atoms with Crippen LogP contribution in [0.5, 0.6) is 0 Å². The van der Waals surface area contributed by atoms with Gasteiger partial charge in [-0.1, -0.05) is 30.3 Å². The summed E-state index contributed by atoms with van der Waals surface area (Å²) in [5.74, 6) is 0.315. The molecule has 0 aliphatic heterocycles. The normalized spacial score (nSPS) is 11.9. The van der Waals surface area contributed by atoms with Gasteiger partial charge < -0.3 is 11.1 Å². The van der Waals surface area contributed by atoms with Gasteiger partial charge >= 0.3 is 0 Å². The second kappa shape index (κ2) is 6.11. The van der Waals surface area contributed by atoms with Crippen LogP contribution in [0.3, 0.4) is 0 Å². The number of hydrogen-bond donors (Lipinski definition) is 2. The van der Waals surface area contributed by atoms with Gasteiger partial charge in [0.25, 0.3) is 0 Å². The lowest BCUT2D eigenvalue weighted by molar-refractivity contribution is -0.117. The van der Waals surface area contributed by atoms with Crippen LogP contribution in [0.2, 0.25) is 0 Å². The van der Waals surface area contributed by atoms with Crippen LogP contribution in [0.25, 0.3) is 0 Å². The highest BCUT2D eigenvalue weighted by Gasteiger charge is 2.14. The standard InChI is InChI=1S/C15H17N3O/c1-11-7-8-17-14(9-11)18-15(19)13(16)10-12-5-3-2-4-6-12/h2-9,13H,10,16H2,1H3,(H,17,18,19)/t13-/m0/s1. The fourth-order valence-electron chi connectivity index (χ4n) is 1.78. The van der Waals surface area contributed by atoms with Crippen molar-refractivity contribution in [3.8, 4) is 0 Å². The van der Waals surface area contributed by atoms with Crippen molar-refractivity contribution in [3.63, 3.8) is 0 Å². The van der Waals surface area contributed by atoms with E-state index in [2.05, 4.69) is 10.3 Å². The zero-order valence-corrected chi connectivity index (χ0v) is 10.8. The van der Waals surface area contributed by atoms with Crippen molar-refractivity contribution in [1.29, 1.82) is 0 Å². The molecule has 4 heteroatoms. The van der Waals surface area contributed by atoms with Crippen LogP contribution in [-0.2, 0) is 11.2 Å². The van der Waals surface area contributed by atoms with Gasteiger partial charge in [-0.25, -0.2) is 4.98 Å². The number of carbonyl (C=O) groups is 1. The third-order valence-corrected chi connectivity index (χ3v) is 2.80. The molecule has 1 atom stereocenters. The van der Waals surface area contributed by atoms with E-state index >= 15 is 0 Å². The van der Waals surface area contributed by atoms with Crippen LogP contribution in [0, 0.1) is 6.92 Å². The van der Waals surface area contributed by atoms with Crippen LogP contribution in [-0.4, -0.2) is 16.9 Å². The summed E-state index contributed by atoms with van der Waals surface area (Å²) in [4.78, 5) is 16.0. The molecule has 0 saturated carbocycles. The molecule has 19 heavy (non-hydrogen) atoms. The predicted octanol–water partition coefficient (Wildman–Crippen LogP) is 1.90. The van der Waals surface area contributed by atoms with E-state index in [0.29, 0.717) is 12.2 Å². The molecule has 4 nitrogen and oxygen atoms in total. The number of carbonyl (C=O) groups excluding carboxylic acids is 1. The fraction of sp³-hybridized carbons (Fsp3) is 0.200. The number of pyridine rings is 1. The first kappa shape index (κ1) is 13.2. The van der Waals surface area contributed by atoms with Crippen LogP contribution < -0.4 is 11.1 Å². The summed E-state index contributed by atoms with van der Waals surface area (Å²) < 4.78 is 0. The Hall–Kier alpha value is -2.20. The lowest BCUT2D eigenvalue weighted by Gasteiger charge is -2.12. The number of aromatic nitrogens is 1. The van der Waals surface area contributed by atoms with Crippen molar-refractivity contribution in [2.75, 3.05) is 5.32 Å². The second-order valence-corrected chi connectivity index (χ2v) is 4.50. The topological polar surface area (TPSA) is 68.0 Å². The molecule has 0 saturated heterocycles. The molecule has 0 radical (unpaired) electrons. The fourth-order valence-corrected chi connectivity index (χ4v) is 1.78. The van der Waals surface area contributed by atoms with Crippen LogP contribution in [0.15, 0.2) is 48.7 Å². The number of hydrogen-bond acceptors (Lipinski definition) is 3. The van der Waals surface area contributed by atoms with E-state index in [4.69, 9.17) is 5.73 Å². The molecule has 0 spiro atoms. The SMILES string of the molecule is Cc1ccnc(NC(=O)[C@@H](N)Cc2ccccc2)c1. The second-order valence-electron chi connectivity index (χ2n) is 4.50. The van der Waals surface area contributed by atoms with Gasteiger partial charge in [0.05, 0.1) is 6.04 Å². The highest BCUT2D eigenvalue weighted by atomic mass is 16.2. The Morgan fingerprint density at radius 2 is 2.05 bits per heavy atom. The molecule has 0 aliphatic rings. The molecule has 1 aromatic carbocycles. The van der Waals surface area contributed by atoms with E-state index in [1.54, 1.807) is 6.20 Å². The Kier molecular flexibility index (Phi) is 4.26. The minimum absolute atomic E-state index is 0.220. The van der Waals surface area contributed by atoms with E-state index in [1.807, 2.05) is 49.4 Å². The number of nitrogens with zero attached hydrogens (tertiary/aromatic N) is 1. The van der Waals surface area contributed by atoms with Gasteiger partial charge in [0, 0.05) is 6.20 Å². The Morgan fingerprint density at radius 3 is 2.74 bits per heavy atom. The Bertz CT molecular complexity index is 554. The van der Waals surface area contributed by atoms with Crippen LogP contribution in [0.1, 0.15) is 11.1 Å². The minimum Gasteiger partial charge on any atom is -0.320 e. The summed E-state index contributed by atoms with van der Waals surface area (Å²) in [5, 5.41) is 2.73. The molecule has 1 heterocycles. The molecular weight excluding hydrogens is 238 g/mol. The molecule has 1 aromatic heterocycles. The number of rotatable bonds is 4. The smallest absolute Gasteiger partial charge is 0.242 e. The van der Waals surface area contributed by atoms with Gasteiger partial charge in [0.2, 0.25) is 5.91 Å². The zero-order chi connectivity index (χ0) is 13.7. The van der Waals surface area contributed by atoms with Crippen molar-refractivity contribution in [3.05, 3.63) is 59.8 Å². The molecule has 0 bridgehead atoms. The average molecular weight is 255 g/mol. The zero-order valence-electron chi connectivity index (χ0n) is 10.8. The Balaban J connectivity index is 1.96. The summed E-state index contributed by atoms with van der Waals surface area (Å²) >= 11 is 0. The summed E-state index contributed by atoms with van der Waals surface area (Å²) in [7, 11) is 0. The van der Waals surface area contributed by atoms with E-state index < -0.39 is 6.04 Å². The van der Waals surface area contributed by atoms with Crippen molar-refractivity contribution < 1.29 is 4.79 Å². The number of amides is 1. The lowest BCUT2D eigenvalue weighted by Crippen LogP contribution is -2.37. The highest BCUT2D eigenvalue weighted by Crippen LogP contribution is 2.07. The molecule has 1 amide bonds. The molecule has 0 unspecified atom stereocenters. The summed E-state index contributed by atoms with van der Waals surface area (Å²) in [6, 6.07) is 12.8. The molecule has 0 aliphatic carbocycles. The number of aryl methyl sites for hydroxylation is 1. The first-order valence-corrected chi connectivity index (χ1v) is 6.18. The molecule has 2 aromatic rings.